The smallest absolute Gasteiger partial charge is 0.146 e. The van der Waals surface area contributed by atoms with Crippen molar-refractivity contribution in [3.63, 3.8) is 0 Å². The number of nitrogens with zero attached hydrogens (tertiary/aromatic N) is 2. The Labute approximate surface area is 121 Å². The molecule has 0 fully saturated rings. The van der Waals surface area contributed by atoms with Gasteiger partial charge in [-0.2, -0.15) is 0 Å². The molecule has 3 N–H and O–H groups in total. The fourth-order valence-electron chi connectivity index (χ4n) is 1.68. The molecule has 1 heterocycles. The van der Waals surface area contributed by atoms with E-state index in [1.54, 1.807) is 26.4 Å². The van der Waals surface area contributed by atoms with E-state index in [9.17, 15) is 0 Å². The molecule has 2 aromatic rings. The summed E-state index contributed by atoms with van der Waals surface area (Å²) < 4.78 is 10.5. The van der Waals surface area contributed by atoms with E-state index in [0.717, 1.165) is 5.56 Å². The zero-order chi connectivity index (χ0) is 14.7. The molecule has 7 heteroatoms. The molecule has 0 amide bonds. The molecule has 0 aliphatic rings. The molecule has 0 bridgehead atoms. The highest BCUT2D eigenvalue weighted by Gasteiger charge is 2.12. The number of rotatable bonds is 4. The average molecular weight is 295 g/mol. The van der Waals surface area contributed by atoms with Gasteiger partial charge in [-0.1, -0.05) is 11.6 Å². The number of halogens is 1. The summed E-state index contributed by atoms with van der Waals surface area (Å²) in [5.41, 5.74) is 7.17. The van der Waals surface area contributed by atoms with Crippen molar-refractivity contribution < 1.29 is 9.47 Å². The normalized spacial score (nSPS) is 10.2. The fraction of sp³-hybridized carbons (Fsp3) is 0.231. The first kappa shape index (κ1) is 14.2. The zero-order valence-electron chi connectivity index (χ0n) is 11.4. The van der Waals surface area contributed by atoms with E-state index in [-0.39, 0.29) is 0 Å². The number of ether oxygens (including phenoxy) is 2. The van der Waals surface area contributed by atoms with Gasteiger partial charge in [-0.3, -0.25) is 0 Å². The molecule has 0 unspecified atom stereocenters. The second-order valence-electron chi connectivity index (χ2n) is 4.04. The zero-order valence-corrected chi connectivity index (χ0v) is 12.2. The quantitative estimate of drug-likeness (QED) is 0.902. The maximum atomic E-state index is 6.12. The molecule has 0 aliphatic heterocycles. The van der Waals surface area contributed by atoms with Crippen LogP contribution in [0, 0.1) is 6.92 Å². The summed E-state index contributed by atoms with van der Waals surface area (Å²) in [6.07, 6.45) is 1.39. The van der Waals surface area contributed by atoms with Crippen LogP contribution in [0.4, 0.5) is 17.3 Å². The van der Waals surface area contributed by atoms with Crippen LogP contribution >= 0.6 is 11.6 Å². The minimum Gasteiger partial charge on any atom is -0.495 e. The second-order valence-corrected chi connectivity index (χ2v) is 4.45. The third-order valence-electron chi connectivity index (χ3n) is 2.85. The van der Waals surface area contributed by atoms with E-state index >= 15 is 0 Å². The third-order valence-corrected chi connectivity index (χ3v) is 3.15. The van der Waals surface area contributed by atoms with Gasteiger partial charge in [0, 0.05) is 11.6 Å². The van der Waals surface area contributed by atoms with Crippen LogP contribution in [-0.2, 0) is 0 Å². The van der Waals surface area contributed by atoms with Gasteiger partial charge in [-0.15, -0.1) is 0 Å². The summed E-state index contributed by atoms with van der Waals surface area (Å²) in [4.78, 5) is 8.07. The molecule has 0 radical (unpaired) electrons. The Morgan fingerprint density at radius 3 is 2.50 bits per heavy atom. The maximum absolute atomic E-state index is 6.12. The van der Waals surface area contributed by atoms with Gasteiger partial charge in [-0.05, 0) is 13.0 Å². The highest BCUT2D eigenvalue weighted by Crippen LogP contribution is 2.37. The first-order valence-corrected chi connectivity index (χ1v) is 6.20. The number of nitrogen functional groups attached to an aromatic ring is 1. The van der Waals surface area contributed by atoms with Crippen LogP contribution in [-0.4, -0.2) is 24.2 Å². The summed E-state index contributed by atoms with van der Waals surface area (Å²) in [5.74, 6) is 2.13. The lowest BCUT2D eigenvalue weighted by Gasteiger charge is -2.14. The largest absolute Gasteiger partial charge is 0.495 e. The van der Waals surface area contributed by atoms with Gasteiger partial charge in [0.25, 0.3) is 0 Å². The molecule has 0 saturated heterocycles. The van der Waals surface area contributed by atoms with Gasteiger partial charge in [0.05, 0.1) is 24.9 Å². The van der Waals surface area contributed by atoms with E-state index < -0.39 is 0 Å². The highest BCUT2D eigenvalue weighted by molar-refractivity contribution is 6.32. The number of hydrogen-bond acceptors (Lipinski definition) is 6. The molecule has 1 aromatic carbocycles. The molecule has 1 aromatic heterocycles. The lowest BCUT2D eigenvalue weighted by molar-refractivity contribution is 0.396. The minimum atomic E-state index is 0.418. The van der Waals surface area contributed by atoms with E-state index in [1.807, 2.05) is 6.92 Å². The van der Waals surface area contributed by atoms with Gasteiger partial charge in [0.15, 0.2) is 0 Å². The van der Waals surface area contributed by atoms with Crippen molar-refractivity contribution >= 4 is 28.9 Å². The van der Waals surface area contributed by atoms with Crippen LogP contribution in [0.1, 0.15) is 5.56 Å². The van der Waals surface area contributed by atoms with Gasteiger partial charge < -0.3 is 20.5 Å². The standard InChI is InChI=1S/C13H15ClN4O2/c1-7-12(15)16-6-17-13(7)18-9-4-8(14)10(19-2)5-11(9)20-3/h4-6H,1-3H3,(H3,15,16,17,18). The fourth-order valence-corrected chi connectivity index (χ4v) is 1.92. The van der Waals surface area contributed by atoms with Gasteiger partial charge in [-0.25, -0.2) is 9.97 Å². The molecule has 0 saturated carbocycles. The summed E-state index contributed by atoms with van der Waals surface area (Å²) >= 11 is 6.12. The molecule has 106 valence electrons. The Morgan fingerprint density at radius 1 is 1.15 bits per heavy atom. The van der Waals surface area contributed by atoms with Crippen molar-refractivity contribution in [1.82, 2.24) is 9.97 Å². The number of hydrogen-bond donors (Lipinski definition) is 2. The van der Waals surface area contributed by atoms with Crippen LogP contribution in [0.2, 0.25) is 5.02 Å². The number of methoxy groups -OCH3 is 2. The van der Waals surface area contributed by atoms with E-state index in [1.165, 1.54) is 6.33 Å². The van der Waals surface area contributed by atoms with Crippen molar-refractivity contribution in [1.29, 1.82) is 0 Å². The molecule has 2 rings (SSSR count). The van der Waals surface area contributed by atoms with Gasteiger partial charge >= 0.3 is 0 Å². The van der Waals surface area contributed by atoms with Crippen LogP contribution < -0.4 is 20.5 Å². The van der Waals surface area contributed by atoms with Crippen molar-refractivity contribution in [2.24, 2.45) is 0 Å². The second kappa shape index (κ2) is 5.83. The van der Waals surface area contributed by atoms with Crippen molar-refractivity contribution in [2.75, 3.05) is 25.3 Å². The molecule has 20 heavy (non-hydrogen) atoms. The predicted molar refractivity (Wildman–Crippen MR) is 79.0 cm³/mol. The van der Waals surface area contributed by atoms with Crippen molar-refractivity contribution in [3.8, 4) is 11.5 Å². The molecule has 0 spiro atoms. The van der Waals surface area contributed by atoms with Gasteiger partial charge in [0.2, 0.25) is 0 Å². The Hall–Kier alpha value is -2.21. The summed E-state index contributed by atoms with van der Waals surface area (Å²) in [6, 6.07) is 3.40. The van der Waals surface area contributed by atoms with Crippen LogP contribution in [0.25, 0.3) is 0 Å². The molecule has 0 aliphatic carbocycles. The Morgan fingerprint density at radius 2 is 1.85 bits per heavy atom. The summed E-state index contributed by atoms with van der Waals surface area (Å²) in [6.45, 7) is 1.83. The van der Waals surface area contributed by atoms with Gasteiger partial charge in [0.1, 0.15) is 29.5 Å². The van der Waals surface area contributed by atoms with Crippen LogP contribution in [0.3, 0.4) is 0 Å². The van der Waals surface area contributed by atoms with Crippen molar-refractivity contribution in [3.05, 3.63) is 29.0 Å². The molecular formula is C13H15ClN4O2. The average Bonchev–Trinajstić information content (AvgIpc) is 2.44. The van der Waals surface area contributed by atoms with Crippen LogP contribution in [0.15, 0.2) is 18.5 Å². The summed E-state index contributed by atoms with van der Waals surface area (Å²) in [5, 5.41) is 3.60. The monoisotopic (exact) mass is 294 g/mol. The number of nitrogens with two attached hydrogens (primary N) is 1. The minimum absolute atomic E-state index is 0.418. The van der Waals surface area contributed by atoms with E-state index in [0.29, 0.717) is 33.8 Å². The lowest BCUT2D eigenvalue weighted by atomic mass is 10.2. The topological polar surface area (TPSA) is 82.3 Å². The van der Waals surface area contributed by atoms with E-state index in [2.05, 4.69) is 15.3 Å². The number of aromatic nitrogens is 2. The first-order valence-electron chi connectivity index (χ1n) is 5.82. The van der Waals surface area contributed by atoms with E-state index in [4.69, 9.17) is 26.8 Å². The Kier molecular flexibility index (Phi) is 4.14. The molecule has 6 nitrogen and oxygen atoms in total. The number of benzene rings is 1. The number of nitrogens with one attached hydrogen (secondary N) is 1. The van der Waals surface area contributed by atoms with Crippen molar-refractivity contribution in [2.45, 2.75) is 6.92 Å². The SMILES string of the molecule is COc1cc(OC)c(Nc2ncnc(N)c2C)cc1Cl. The third kappa shape index (κ3) is 2.70. The maximum Gasteiger partial charge on any atom is 0.146 e. The summed E-state index contributed by atoms with van der Waals surface area (Å²) in [7, 11) is 3.11. The number of anilines is 3. The predicted octanol–water partition coefficient (Wildman–Crippen LogP) is 2.78. The van der Waals surface area contributed by atoms with Crippen LogP contribution in [0.5, 0.6) is 11.5 Å². The Bertz CT molecular complexity index is 634. The Balaban J connectivity index is 2.42. The highest BCUT2D eigenvalue weighted by atomic mass is 35.5. The lowest BCUT2D eigenvalue weighted by Crippen LogP contribution is -2.03. The first-order chi connectivity index (χ1) is 9.56. The molecule has 0 atom stereocenters. The molecular weight excluding hydrogens is 280 g/mol.